The zero-order chi connectivity index (χ0) is 16.4. The van der Waals surface area contributed by atoms with E-state index in [0.717, 1.165) is 31.4 Å². The molecule has 0 fully saturated rings. The maximum Gasteiger partial charge on any atom is 0.280 e. The first-order chi connectivity index (χ1) is 10.6. The second kappa shape index (κ2) is 10.1. The van der Waals surface area contributed by atoms with Crippen LogP contribution in [0.4, 0.5) is 0 Å². The summed E-state index contributed by atoms with van der Waals surface area (Å²) in [6.07, 6.45) is 4.05. The van der Waals surface area contributed by atoms with Gasteiger partial charge in [0.05, 0.1) is 25.9 Å². The summed E-state index contributed by atoms with van der Waals surface area (Å²) in [5.74, 6) is 1.02. The van der Waals surface area contributed by atoms with Gasteiger partial charge in [-0.25, -0.2) is 5.06 Å². The Morgan fingerprint density at radius 1 is 1.09 bits per heavy atom. The lowest BCUT2D eigenvalue weighted by Crippen LogP contribution is -2.26. The van der Waals surface area contributed by atoms with Crippen molar-refractivity contribution in [2.24, 2.45) is 0 Å². The molecule has 0 aliphatic heterocycles. The zero-order valence-electron chi connectivity index (χ0n) is 14.1. The highest BCUT2D eigenvalue weighted by Gasteiger charge is 2.18. The number of nitrogens with zero attached hydrogens (tertiary/aromatic N) is 1. The minimum absolute atomic E-state index is 0.242. The van der Waals surface area contributed by atoms with Crippen LogP contribution in [0.2, 0.25) is 0 Å². The summed E-state index contributed by atoms with van der Waals surface area (Å²) < 4.78 is 11.4. The molecule has 0 N–H and O–H groups in total. The van der Waals surface area contributed by atoms with E-state index in [0.29, 0.717) is 24.5 Å². The highest BCUT2D eigenvalue weighted by molar-refractivity contribution is 5.96. The first kappa shape index (κ1) is 18.3. The fourth-order valence-corrected chi connectivity index (χ4v) is 1.80. The Labute approximate surface area is 133 Å². The number of benzene rings is 1. The third kappa shape index (κ3) is 5.56. The Hall–Kier alpha value is -1.75. The van der Waals surface area contributed by atoms with Crippen molar-refractivity contribution in [1.82, 2.24) is 5.06 Å². The summed E-state index contributed by atoms with van der Waals surface area (Å²) >= 11 is 0. The van der Waals surface area contributed by atoms with Crippen LogP contribution in [0.5, 0.6) is 11.5 Å². The summed E-state index contributed by atoms with van der Waals surface area (Å²) in [5, 5.41) is 1.18. The van der Waals surface area contributed by atoms with E-state index in [1.165, 1.54) is 12.2 Å². The molecule has 0 aromatic heterocycles. The second-order valence-electron chi connectivity index (χ2n) is 5.05. The van der Waals surface area contributed by atoms with Crippen molar-refractivity contribution < 1.29 is 19.1 Å². The summed E-state index contributed by atoms with van der Waals surface area (Å²) in [5.41, 5.74) is 0.475. The number of rotatable bonds is 10. The van der Waals surface area contributed by atoms with Crippen LogP contribution in [0.15, 0.2) is 18.2 Å². The van der Waals surface area contributed by atoms with Gasteiger partial charge < -0.3 is 9.47 Å². The smallest absolute Gasteiger partial charge is 0.280 e. The lowest BCUT2D eigenvalue weighted by molar-refractivity contribution is -0.0758. The zero-order valence-corrected chi connectivity index (χ0v) is 14.1. The Morgan fingerprint density at radius 2 is 1.73 bits per heavy atom. The van der Waals surface area contributed by atoms with Crippen molar-refractivity contribution in [2.45, 2.75) is 39.5 Å². The quantitative estimate of drug-likeness (QED) is 0.488. The predicted molar refractivity (Wildman–Crippen MR) is 86.4 cm³/mol. The van der Waals surface area contributed by atoms with E-state index in [2.05, 4.69) is 13.8 Å². The third-order valence-electron chi connectivity index (χ3n) is 3.27. The van der Waals surface area contributed by atoms with Crippen molar-refractivity contribution in [2.75, 3.05) is 27.4 Å². The van der Waals surface area contributed by atoms with Crippen LogP contribution in [-0.2, 0) is 4.84 Å². The molecule has 0 aliphatic carbocycles. The van der Waals surface area contributed by atoms with Crippen molar-refractivity contribution >= 4 is 5.91 Å². The number of hydroxylamine groups is 2. The molecule has 0 spiro atoms. The van der Waals surface area contributed by atoms with Gasteiger partial charge in [0.15, 0.2) is 0 Å². The van der Waals surface area contributed by atoms with Gasteiger partial charge in [-0.15, -0.1) is 0 Å². The number of hydrogen-bond donors (Lipinski definition) is 0. The van der Waals surface area contributed by atoms with Gasteiger partial charge in [0.1, 0.15) is 11.5 Å². The summed E-state index contributed by atoms with van der Waals surface area (Å²) in [6, 6.07) is 5.29. The fraction of sp³-hybridized carbons (Fsp3) is 0.588. The number of ether oxygens (including phenoxy) is 2. The monoisotopic (exact) mass is 309 g/mol. The van der Waals surface area contributed by atoms with Gasteiger partial charge in [-0.1, -0.05) is 26.7 Å². The van der Waals surface area contributed by atoms with Gasteiger partial charge in [-0.3, -0.25) is 9.63 Å². The second-order valence-corrected chi connectivity index (χ2v) is 5.05. The van der Waals surface area contributed by atoms with Crippen molar-refractivity contribution in [3.8, 4) is 11.5 Å². The maximum atomic E-state index is 12.3. The number of carbonyl (C=O) groups is 1. The van der Waals surface area contributed by atoms with Gasteiger partial charge in [-0.2, -0.15) is 0 Å². The van der Waals surface area contributed by atoms with Crippen molar-refractivity contribution in [3.05, 3.63) is 23.8 Å². The van der Waals surface area contributed by atoms with Crippen LogP contribution in [0.1, 0.15) is 49.9 Å². The van der Waals surface area contributed by atoms with E-state index in [1.807, 2.05) is 0 Å². The summed E-state index contributed by atoms with van der Waals surface area (Å²) in [4.78, 5) is 17.2. The molecule has 0 bridgehead atoms. The SMILES string of the molecule is CCCCOc1ccc(C(=O)N(C)OC)c(OCCCC)c1. The van der Waals surface area contributed by atoms with Gasteiger partial charge in [0.2, 0.25) is 0 Å². The van der Waals surface area contributed by atoms with Gasteiger partial charge >= 0.3 is 0 Å². The Kier molecular flexibility index (Phi) is 8.36. The van der Waals surface area contributed by atoms with Crippen molar-refractivity contribution in [3.63, 3.8) is 0 Å². The average molecular weight is 309 g/mol. The van der Waals surface area contributed by atoms with Crippen LogP contribution in [0, 0.1) is 0 Å². The minimum Gasteiger partial charge on any atom is -0.493 e. The average Bonchev–Trinajstić information content (AvgIpc) is 2.54. The molecule has 0 heterocycles. The molecule has 0 unspecified atom stereocenters. The van der Waals surface area contributed by atoms with Crippen LogP contribution < -0.4 is 9.47 Å². The third-order valence-corrected chi connectivity index (χ3v) is 3.27. The molecule has 1 aromatic carbocycles. The summed E-state index contributed by atoms with van der Waals surface area (Å²) in [6.45, 7) is 5.45. The number of carbonyl (C=O) groups excluding carboxylic acids is 1. The number of hydrogen-bond acceptors (Lipinski definition) is 4. The van der Waals surface area contributed by atoms with E-state index in [9.17, 15) is 4.79 Å². The molecular weight excluding hydrogens is 282 g/mol. The lowest BCUT2D eigenvalue weighted by Gasteiger charge is -2.17. The van der Waals surface area contributed by atoms with Crippen LogP contribution in [0.3, 0.4) is 0 Å². The molecule has 0 radical (unpaired) electrons. The normalized spacial score (nSPS) is 10.4. The standard InChI is InChI=1S/C17H27NO4/c1-5-7-11-21-14-9-10-15(17(19)18(3)20-4)16(13-14)22-12-8-6-2/h9-10,13H,5-8,11-12H2,1-4H3. The van der Waals surface area contributed by atoms with E-state index in [-0.39, 0.29) is 5.91 Å². The van der Waals surface area contributed by atoms with E-state index in [1.54, 1.807) is 25.2 Å². The van der Waals surface area contributed by atoms with Gasteiger partial charge in [-0.05, 0) is 25.0 Å². The highest BCUT2D eigenvalue weighted by Crippen LogP contribution is 2.26. The Morgan fingerprint density at radius 3 is 2.32 bits per heavy atom. The molecule has 22 heavy (non-hydrogen) atoms. The first-order valence-electron chi connectivity index (χ1n) is 7.85. The molecule has 5 nitrogen and oxygen atoms in total. The van der Waals surface area contributed by atoms with Crippen LogP contribution >= 0.6 is 0 Å². The first-order valence-corrected chi connectivity index (χ1v) is 7.85. The van der Waals surface area contributed by atoms with E-state index >= 15 is 0 Å². The Balaban J connectivity index is 2.90. The lowest BCUT2D eigenvalue weighted by atomic mass is 10.1. The molecule has 0 saturated carbocycles. The van der Waals surface area contributed by atoms with Gasteiger partial charge in [0, 0.05) is 13.1 Å². The van der Waals surface area contributed by atoms with E-state index < -0.39 is 0 Å². The molecule has 0 atom stereocenters. The molecule has 1 amide bonds. The molecule has 0 saturated heterocycles. The molecule has 1 aromatic rings. The van der Waals surface area contributed by atoms with Crippen molar-refractivity contribution in [1.29, 1.82) is 0 Å². The number of unbranched alkanes of at least 4 members (excludes halogenated alkanes) is 2. The summed E-state index contributed by atoms with van der Waals surface area (Å²) in [7, 11) is 3.03. The molecule has 124 valence electrons. The highest BCUT2D eigenvalue weighted by atomic mass is 16.7. The molecule has 5 heteroatoms. The fourth-order valence-electron chi connectivity index (χ4n) is 1.80. The number of amides is 1. The van der Waals surface area contributed by atoms with E-state index in [4.69, 9.17) is 14.3 Å². The predicted octanol–water partition coefficient (Wildman–Crippen LogP) is 3.68. The topological polar surface area (TPSA) is 48.0 Å². The maximum absolute atomic E-state index is 12.3. The van der Waals surface area contributed by atoms with Crippen LogP contribution in [0.25, 0.3) is 0 Å². The van der Waals surface area contributed by atoms with Crippen LogP contribution in [-0.4, -0.2) is 38.3 Å². The molecule has 1 rings (SSSR count). The molecule has 0 aliphatic rings. The minimum atomic E-state index is -0.242. The Bertz CT molecular complexity index is 462. The largest absolute Gasteiger partial charge is 0.493 e. The molecular formula is C17H27NO4. The van der Waals surface area contributed by atoms with Gasteiger partial charge in [0.25, 0.3) is 5.91 Å².